The van der Waals surface area contributed by atoms with Gasteiger partial charge >= 0.3 is 5.97 Å². The van der Waals surface area contributed by atoms with E-state index in [1.165, 1.54) is 4.90 Å². The fourth-order valence-electron chi connectivity index (χ4n) is 2.81. The predicted molar refractivity (Wildman–Crippen MR) is 77.0 cm³/mol. The second kappa shape index (κ2) is 5.83. The molecule has 0 bridgehead atoms. The molecule has 0 aliphatic heterocycles. The number of hydrogen-bond donors (Lipinski definition) is 1. The first-order valence-corrected chi connectivity index (χ1v) is 7.12. The molecule has 1 N–H and O–H groups in total. The number of carbonyl (C=O) groups is 2. The van der Waals surface area contributed by atoms with E-state index in [0.29, 0.717) is 23.4 Å². The maximum atomic E-state index is 12.5. The van der Waals surface area contributed by atoms with Crippen molar-refractivity contribution in [1.29, 1.82) is 0 Å². The number of benzene rings is 1. The van der Waals surface area contributed by atoms with Gasteiger partial charge in [-0.2, -0.15) is 0 Å². The van der Waals surface area contributed by atoms with E-state index >= 15 is 0 Å². The molecule has 108 valence electrons. The van der Waals surface area contributed by atoms with Crippen LogP contribution in [-0.4, -0.2) is 34.5 Å². The lowest BCUT2D eigenvalue weighted by Crippen LogP contribution is -2.56. The third kappa shape index (κ3) is 2.66. The highest BCUT2D eigenvalue weighted by atomic mass is 35.5. The molecule has 5 heteroatoms. The zero-order valence-corrected chi connectivity index (χ0v) is 12.2. The van der Waals surface area contributed by atoms with Crippen LogP contribution in [0.4, 0.5) is 0 Å². The largest absolute Gasteiger partial charge is 0.479 e. The molecule has 1 aliphatic carbocycles. The third-order valence-electron chi connectivity index (χ3n) is 4.12. The lowest BCUT2D eigenvalue weighted by molar-refractivity contribution is -0.151. The summed E-state index contributed by atoms with van der Waals surface area (Å²) in [5, 5.41) is 10.1. The summed E-state index contributed by atoms with van der Waals surface area (Å²) >= 11 is 5.80. The van der Waals surface area contributed by atoms with Gasteiger partial charge in [-0.05, 0) is 37.1 Å². The van der Waals surface area contributed by atoms with E-state index < -0.39 is 11.5 Å². The summed E-state index contributed by atoms with van der Waals surface area (Å²) in [5.41, 5.74) is -0.613. The second-order valence-corrected chi connectivity index (χ2v) is 5.70. The van der Waals surface area contributed by atoms with Gasteiger partial charge in [0.15, 0.2) is 0 Å². The summed E-state index contributed by atoms with van der Waals surface area (Å²) in [5.74, 6) is -1.19. The lowest BCUT2D eigenvalue weighted by atomic mass is 9.80. The summed E-state index contributed by atoms with van der Waals surface area (Å²) < 4.78 is 0. The number of amides is 1. The van der Waals surface area contributed by atoms with Gasteiger partial charge in [-0.15, -0.1) is 0 Å². The van der Waals surface area contributed by atoms with Crippen molar-refractivity contribution >= 4 is 23.5 Å². The molecule has 20 heavy (non-hydrogen) atoms. The van der Waals surface area contributed by atoms with E-state index in [-0.39, 0.29) is 5.91 Å². The fraction of sp³-hybridized carbons (Fsp3) is 0.467. The molecule has 4 nitrogen and oxygen atoms in total. The zero-order valence-electron chi connectivity index (χ0n) is 11.4. The molecule has 2 rings (SSSR count). The number of aliphatic carboxylic acids is 1. The minimum atomic E-state index is -1.07. The Morgan fingerprint density at radius 2 is 1.70 bits per heavy atom. The van der Waals surface area contributed by atoms with Gasteiger partial charge < -0.3 is 10.0 Å². The van der Waals surface area contributed by atoms with Gasteiger partial charge in [-0.1, -0.05) is 30.9 Å². The van der Waals surface area contributed by atoms with E-state index in [1.54, 1.807) is 31.3 Å². The highest BCUT2D eigenvalue weighted by Gasteiger charge is 2.45. The molecule has 1 aromatic rings. The zero-order chi connectivity index (χ0) is 14.8. The van der Waals surface area contributed by atoms with Crippen LogP contribution in [0, 0.1) is 0 Å². The molecule has 1 saturated carbocycles. The van der Waals surface area contributed by atoms with Crippen LogP contribution in [0.2, 0.25) is 5.02 Å². The molecule has 1 aliphatic rings. The number of hydrogen-bond acceptors (Lipinski definition) is 2. The molecule has 0 spiro atoms. The summed E-state index contributed by atoms with van der Waals surface area (Å²) in [7, 11) is 1.58. The fourth-order valence-corrected chi connectivity index (χ4v) is 2.94. The molecule has 0 heterocycles. The SMILES string of the molecule is CN(C(=O)c1ccc(Cl)cc1)C1(C(=O)O)CCCCC1. The number of likely N-dealkylation sites (N-methyl/N-ethyl adjacent to an activating group) is 1. The summed E-state index contributed by atoms with van der Waals surface area (Å²) in [6.07, 6.45) is 3.73. The number of nitrogens with zero attached hydrogens (tertiary/aromatic N) is 1. The van der Waals surface area contributed by atoms with E-state index in [9.17, 15) is 14.7 Å². The predicted octanol–water partition coefficient (Wildman–Crippen LogP) is 3.20. The average Bonchev–Trinajstić information content (AvgIpc) is 2.47. The highest BCUT2D eigenvalue weighted by Crippen LogP contribution is 2.34. The normalized spacial score (nSPS) is 17.5. The molecular weight excluding hydrogens is 278 g/mol. The van der Waals surface area contributed by atoms with Crippen molar-refractivity contribution in [3.63, 3.8) is 0 Å². The molecular formula is C15H18ClNO3. The molecule has 0 radical (unpaired) electrons. The Bertz CT molecular complexity index is 506. The van der Waals surface area contributed by atoms with Crippen LogP contribution in [0.5, 0.6) is 0 Å². The Balaban J connectivity index is 2.27. The summed E-state index contributed by atoms with van der Waals surface area (Å²) in [6.45, 7) is 0. The van der Waals surface area contributed by atoms with Crippen LogP contribution in [0.3, 0.4) is 0 Å². The quantitative estimate of drug-likeness (QED) is 0.931. The first kappa shape index (κ1) is 14.9. The van der Waals surface area contributed by atoms with Crippen LogP contribution in [-0.2, 0) is 4.79 Å². The van der Waals surface area contributed by atoms with Crippen molar-refractivity contribution in [2.75, 3.05) is 7.05 Å². The Labute approximate surface area is 123 Å². The first-order valence-electron chi connectivity index (χ1n) is 6.74. The first-order chi connectivity index (χ1) is 9.47. The number of halogens is 1. The monoisotopic (exact) mass is 295 g/mol. The maximum absolute atomic E-state index is 12.5. The van der Waals surface area contributed by atoms with Crippen LogP contribution in [0.25, 0.3) is 0 Å². The number of carboxylic acids is 1. The number of carbonyl (C=O) groups excluding carboxylic acids is 1. The van der Waals surface area contributed by atoms with Crippen molar-refractivity contribution in [3.05, 3.63) is 34.9 Å². The van der Waals surface area contributed by atoms with Crippen LogP contribution < -0.4 is 0 Å². The van der Waals surface area contributed by atoms with Crippen molar-refractivity contribution in [3.8, 4) is 0 Å². The number of carboxylic acid groups (broad SMARTS) is 1. The lowest BCUT2D eigenvalue weighted by Gasteiger charge is -2.41. The summed E-state index contributed by atoms with van der Waals surface area (Å²) in [4.78, 5) is 25.6. The smallest absolute Gasteiger partial charge is 0.329 e. The van der Waals surface area contributed by atoms with Gasteiger partial charge in [0.05, 0.1) is 0 Å². The Kier molecular flexibility index (Phi) is 4.33. The minimum absolute atomic E-state index is 0.272. The highest BCUT2D eigenvalue weighted by molar-refractivity contribution is 6.30. The van der Waals surface area contributed by atoms with Gasteiger partial charge in [0, 0.05) is 17.6 Å². The Morgan fingerprint density at radius 3 is 2.20 bits per heavy atom. The molecule has 0 unspecified atom stereocenters. The van der Waals surface area contributed by atoms with E-state index in [0.717, 1.165) is 19.3 Å². The van der Waals surface area contributed by atoms with Crippen molar-refractivity contribution in [1.82, 2.24) is 4.90 Å². The van der Waals surface area contributed by atoms with Gasteiger partial charge in [-0.3, -0.25) is 4.79 Å². The Morgan fingerprint density at radius 1 is 1.15 bits per heavy atom. The van der Waals surface area contributed by atoms with Crippen molar-refractivity contribution in [2.24, 2.45) is 0 Å². The van der Waals surface area contributed by atoms with Crippen molar-refractivity contribution < 1.29 is 14.7 Å². The molecule has 0 atom stereocenters. The molecule has 0 saturated heterocycles. The maximum Gasteiger partial charge on any atom is 0.329 e. The topological polar surface area (TPSA) is 57.6 Å². The number of rotatable bonds is 3. The molecule has 0 aromatic heterocycles. The molecule has 1 fully saturated rings. The standard InChI is InChI=1S/C15H18ClNO3/c1-17(13(18)11-5-7-12(16)8-6-11)15(14(19)20)9-3-2-4-10-15/h5-8H,2-4,9-10H2,1H3,(H,19,20). The Hall–Kier alpha value is -1.55. The van der Waals surface area contributed by atoms with Crippen LogP contribution in [0.1, 0.15) is 42.5 Å². The van der Waals surface area contributed by atoms with Gasteiger partial charge in [0.1, 0.15) is 5.54 Å². The van der Waals surface area contributed by atoms with E-state index in [2.05, 4.69) is 0 Å². The second-order valence-electron chi connectivity index (χ2n) is 5.27. The molecule has 1 amide bonds. The van der Waals surface area contributed by atoms with Gasteiger partial charge in [0.25, 0.3) is 5.91 Å². The van der Waals surface area contributed by atoms with Gasteiger partial charge in [0.2, 0.25) is 0 Å². The average molecular weight is 296 g/mol. The minimum Gasteiger partial charge on any atom is -0.479 e. The molecule has 1 aromatic carbocycles. The van der Waals surface area contributed by atoms with Crippen LogP contribution >= 0.6 is 11.6 Å². The van der Waals surface area contributed by atoms with E-state index in [1.807, 2.05) is 0 Å². The van der Waals surface area contributed by atoms with Crippen molar-refractivity contribution in [2.45, 2.75) is 37.6 Å². The van der Waals surface area contributed by atoms with Crippen LogP contribution in [0.15, 0.2) is 24.3 Å². The summed E-state index contributed by atoms with van der Waals surface area (Å²) in [6, 6.07) is 6.52. The van der Waals surface area contributed by atoms with E-state index in [4.69, 9.17) is 11.6 Å². The third-order valence-corrected chi connectivity index (χ3v) is 4.37. The van der Waals surface area contributed by atoms with Gasteiger partial charge in [-0.25, -0.2) is 4.79 Å².